The van der Waals surface area contributed by atoms with E-state index in [0.717, 1.165) is 28.0 Å². The number of benzene rings is 1. The van der Waals surface area contributed by atoms with Gasteiger partial charge in [0.15, 0.2) is 0 Å². The van der Waals surface area contributed by atoms with Gasteiger partial charge in [-0.1, -0.05) is 42.6 Å². The molecule has 1 heterocycles. The number of anilines is 2. The molecule has 24 heavy (non-hydrogen) atoms. The lowest BCUT2D eigenvalue weighted by Crippen LogP contribution is -2.17. The van der Waals surface area contributed by atoms with Crippen molar-refractivity contribution in [2.45, 2.75) is 57.0 Å². The number of hydrogen-bond donors (Lipinski definition) is 2. The third-order valence-corrected chi connectivity index (χ3v) is 5.22. The average Bonchev–Trinajstić information content (AvgIpc) is 3.32. The van der Waals surface area contributed by atoms with E-state index in [-0.39, 0.29) is 0 Å². The molecule has 5 heteroatoms. The molecule has 0 bridgehead atoms. The maximum Gasteiger partial charge on any atom is 0.225 e. The van der Waals surface area contributed by atoms with Gasteiger partial charge in [-0.3, -0.25) is 0 Å². The van der Waals surface area contributed by atoms with Crippen LogP contribution in [0, 0.1) is 0 Å². The summed E-state index contributed by atoms with van der Waals surface area (Å²) in [4.78, 5) is 9.42. The van der Waals surface area contributed by atoms with Gasteiger partial charge in [-0.2, -0.15) is 4.98 Å². The summed E-state index contributed by atoms with van der Waals surface area (Å²) in [5, 5.41) is 7.72. The van der Waals surface area contributed by atoms with Gasteiger partial charge in [0.25, 0.3) is 0 Å². The first-order valence-electron chi connectivity index (χ1n) is 8.91. The van der Waals surface area contributed by atoms with Gasteiger partial charge in [0.1, 0.15) is 5.82 Å². The number of rotatable bonds is 6. The van der Waals surface area contributed by atoms with Crippen molar-refractivity contribution >= 4 is 23.4 Å². The minimum absolute atomic E-state index is 0.524. The summed E-state index contributed by atoms with van der Waals surface area (Å²) in [6.45, 7) is 0.670. The topological polar surface area (TPSA) is 49.8 Å². The Labute approximate surface area is 148 Å². The molecule has 0 amide bonds. The Hall–Kier alpha value is -1.81. The van der Waals surface area contributed by atoms with Crippen LogP contribution < -0.4 is 10.6 Å². The zero-order valence-electron chi connectivity index (χ0n) is 13.8. The van der Waals surface area contributed by atoms with Gasteiger partial charge in [-0.15, -0.1) is 0 Å². The van der Waals surface area contributed by atoms with Crippen LogP contribution in [0.2, 0.25) is 5.02 Å². The van der Waals surface area contributed by atoms with Crippen molar-refractivity contribution in [2.75, 3.05) is 10.6 Å². The molecule has 0 aliphatic heterocycles. The first-order chi connectivity index (χ1) is 11.8. The number of nitrogens with zero attached hydrogens (tertiary/aromatic N) is 2. The zero-order chi connectivity index (χ0) is 16.4. The van der Waals surface area contributed by atoms with Crippen molar-refractivity contribution in [3.05, 3.63) is 46.6 Å². The second-order valence-corrected chi connectivity index (χ2v) is 7.25. The van der Waals surface area contributed by atoms with Crippen LogP contribution in [-0.4, -0.2) is 16.0 Å². The number of halogens is 1. The van der Waals surface area contributed by atoms with Crippen LogP contribution in [-0.2, 0) is 6.54 Å². The fourth-order valence-corrected chi connectivity index (χ4v) is 3.49. The van der Waals surface area contributed by atoms with E-state index in [4.69, 9.17) is 16.6 Å². The highest BCUT2D eigenvalue weighted by Crippen LogP contribution is 2.40. The maximum atomic E-state index is 6.24. The predicted octanol–water partition coefficient (Wildman–Crippen LogP) is 4.97. The standard InChI is InChI=1S/C19H23ClN4/c20-16-8-4-1-5-14(16)12-21-18-11-17(13-9-10-13)23-19(24-18)22-15-6-2-3-7-15/h1,4-5,8,11,13,15H,2-3,6-7,9-10,12H2,(H2,21,22,23,24). The Bertz CT molecular complexity index is 708. The van der Waals surface area contributed by atoms with Crippen molar-refractivity contribution < 1.29 is 0 Å². The third-order valence-electron chi connectivity index (χ3n) is 4.85. The maximum absolute atomic E-state index is 6.24. The van der Waals surface area contributed by atoms with Crippen molar-refractivity contribution in [1.29, 1.82) is 0 Å². The lowest BCUT2D eigenvalue weighted by molar-refractivity contribution is 0.741. The molecule has 2 aliphatic carbocycles. The average molecular weight is 343 g/mol. The molecule has 2 fully saturated rings. The number of nitrogens with one attached hydrogen (secondary N) is 2. The molecule has 2 N–H and O–H groups in total. The molecule has 0 saturated heterocycles. The fourth-order valence-electron chi connectivity index (χ4n) is 3.29. The van der Waals surface area contributed by atoms with Crippen molar-refractivity contribution in [3.8, 4) is 0 Å². The molecular weight excluding hydrogens is 320 g/mol. The van der Waals surface area contributed by atoms with Gasteiger partial charge in [-0.05, 0) is 37.3 Å². The van der Waals surface area contributed by atoms with Gasteiger partial charge in [-0.25, -0.2) is 4.98 Å². The molecule has 0 radical (unpaired) electrons. The smallest absolute Gasteiger partial charge is 0.225 e. The van der Waals surface area contributed by atoms with Gasteiger partial charge in [0.2, 0.25) is 5.95 Å². The van der Waals surface area contributed by atoms with Crippen LogP contribution in [0.4, 0.5) is 11.8 Å². The Kier molecular flexibility index (Phi) is 4.56. The van der Waals surface area contributed by atoms with E-state index in [1.807, 2.05) is 24.3 Å². The minimum Gasteiger partial charge on any atom is -0.366 e. The van der Waals surface area contributed by atoms with E-state index in [1.165, 1.54) is 38.5 Å². The second kappa shape index (κ2) is 6.98. The predicted molar refractivity (Wildman–Crippen MR) is 98.7 cm³/mol. The molecule has 2 aliphatic rings. The van der Waals surface area contributed by atoms with Gasteiger partial charge in [0.05, 0.1) is 5.69 Å². The largest absolute Gasteiger partial charge is 0.366 e. The number of aromatic nitrogens is 2. The Balaban J connectivity index is 1.50. The van der Waals surface area contributed by atoms with Gasteiger partial charge < -0.3 is 10.6 Å². The van der Waals surface area contributed by atoms with E-state index in [9.17, 15) is 0 Å². The lowest BCUT2D eigenvalue weighted by atomic mass is 10.2. The third kappa shape index (κ3) is 3.81. The lowest BCUT2D eigenvalue weighted by Gasteiger charge is -2.15. The van der Waals surface area contributed by atoms with Crippen LogP contribution in [0.3, 0.4) is 0 Å². The van der Waals surface area contributed by atoms with E-state index < -0.39 is 0 Å². The molecule has 1 aromatic carbocycles. The van der Waals surface area contributed by atoms with Crippen LogP contribution in [0.5, 0.6) is 0 Å². The molecule has 4 nitrogen and oxygen atoms in total. The summed E-state index contributed by atoms with van der Waals surface area (Å²) in [6, 6.07) is 10.5. The summed E-state index contributed by atoms with van der Waals surface area (Å²) in [5.74, 6) is 2.26. The van der Waals surface area contributed by atoms with Gasteiger partial charge >= 0.3 is 0 Å². The highest BCUT2D eigenvalue weighted by molar-refractivity contribution is 6.31. The molecule has 0 spiro atoms. The van der Waals surface area contributed by atoms with Crippen molar-refractivity contribution in [1.82, 2.24) is 9.97 Å². The van der Waals surface area contributed by atoms with Crippen LogP contribution >= 0.6 is 11.6 Å². The zero-order valence-corrected chi connectivity index (χ0v) is 14.5. The summed E-state index contributed by atoms with van der Waals surface area (Å²) in [7, 11) is 0. The molecule has 2 aromatic rings. The quantitative estimate of drug-likeness (QED) is 0.777. The van der Waals surface area contributed by atoms with Crippen molar-refractivity contribution in [2.24, 2.45) is 0 Å². The normalized spacial score (nSPS) is 17.9. The summed E-state index contributed by atoms with van der Waals surface area (Å²) < 4.78 is 0. The summed E-state index contributed by atoms with van der Waals surface area (Å²) in [5.41, 5.74) is 2.24. The van der Waals surface area contributed by atoms with E-state index in [2.05, 4.69) is 21.7 Å². The van der Waals surface area contributed by atoms with Gasteiger partial charge in [0, 0.05) is 29.6 Å². The highest BCUT2D eigenvalue weighted by Gasteiger charge is 2.26. The van der Waals surface area contributed by atoms with E-state index in [0.29, 0.717) is 18.5 Å². The summed E-state index contributed by atoms with van der Waals surface area (Å²) >= 11 is 6.24. The number of hydrogen-bond acceptors (Lipinski definition) is 4. The molecule has 2 saturated carbocycles. The SMILES string of the molecule is Clc1ccccc1CNc1cc(C2CC2)nc(NC2CCCC2)n1. The van der Waals surface area contributed by atoms with E-state index in [1.54, 1.807) is 0 Å². The van der Waals surface area contributed by atoms with E-state index >= 15 is 0 Å². The molecule has 126 valence electrons. The first-order valence-corrected chi connectivity index (χ1v) is 9.28. The fraction of sp³-hybridized carbons (Fsp3) is 0.474. The van der Waals surface area contributed by atoms with Crippen LogP contribution in [0.1, 0.15) is 55.7 Å². The van der Waals surface area contributed by atoms with Crippen molar-refractivity contribution in [3.63, 3.8) is 0 Å². The first kappa shape index (κ1) is 15.7. The Morgan fingerprint density at radius 3 is 2.58 bits per heavy atom. The van der Waals surface area contributed by atoms with Crippen LogP contribution in [0.25, 0.3) is 0 Å². The highest BCUT2D eigenvalue weighted by atomic mass is 35.5. The molecule has 1 aromatic heterocycles. The Morgan fingerprint density at radius 2 is 1.83 bits per heavy atom. The molecule has 4 rings (SSSR count). The Morgan fingerprint density at radius 1 is 1.04 bits per heavy atom. The summed E-state index contributed by atoms with van der Waals surface area (Å²) in [6.07, 6.45) is 7.53. The molecular formula is C19H23ClN4. The monoisotopic (exact) mass is 342 g/mol. The molecule has 0 atom stereocenters. The minimum atomic E-state index is 0.524. The second-order valence-electron chi connectivity index (χ2n) is 6.85. The molecule has 0 unspecified atom stereocenters. The van der Waals surface area contributed by atoms with Crippen LogP contribution in [0.15, 0.2) is 30.3 Å².